The summed E-state index contributed by atoms with van der Waals surface area (Å²) in [4.78, 5) is 12.2. The lowest BCUT2D eigenvalue weighted by Crippen LogP contribution is -2.36. The molecule has 0 aliphatic carbocycles. The van der Waals surface area contributed by atoms with Crippen molar-refractivity contribution < 1.29 is 19.0 Å². The van der Waals surface area contributed by atoms with Crippen molar-refractivity contribution in [3.63, 3.8) is 0 Å². The van der Waals surface area contributed by atoms with E-state index in [0.29, 0.717) is 30.4 Å². The van der Waals surface area contributed by atoms with Gasteiger partial charge in [0.25, 0.3) is 0 Å². The lowest BCUT2D eigenvalue weighted by molar-refractivity contribution is 0.144. The third kappa shape index (κ3) is 7.19. The van der Waals surface area contributed by atoms with Gasteiger partial charge in [-0.3, -0.25) is 0 Å². The Morgan fingerprint density at radius 1 is 1.04 bits per heavy atom. The van der Waals surface area contributed by atoms with Crippen LogP contribution in [0.15, 0.2) is 48.5 Å². The molecule has 0 aliphatic heterocycles. The molecule has 2 aromatic carbocycles. The fourth-order valence-electron chi connectivity index (χ4n) is 2.59. The highest BCUT2D eigenvalue weighted by atomic mass is 16.5. The summed E-state index contributed by atoms with van der Waals surface area (Å²) in [6.45, 7) is 2.87. The second kappa shape index (κ2) is 11.1. The lowest BCUT2D eigenvalue weighted by Gasteiger charge is -2.16. The normalized spacial score (nSPS) is 11.5. The van der Waals surface area contributed by atoms with Gasteiger partial charge in [-0.05, 0) is 37.5 Å². The molecule has 1 atom stereocenters. The number of hydrogen-bond acceptors (Lipinski definition) is 4. The van der Waals surface area contributed by atoms with E-state index in [1.54, 1.807) is 32.4 Å². The van der Waals surface area contributed by atoms with Crippen molar-refractivity contribution in [1.82, 2.24) is 5.32 Å². The van der Waals surface area contributed by atoms with Crippen molar-refractivity contribution in [3.05, 3.63) is 54.1 Å². The maximum Gasteiger partial charge on any atom is 0.319 e. The van der Waals surface area contributed by atoms with Crippen molar-refractivity contribution in [3.8, 4) is 11.5 Å². The minimum Gasteiger partial charge on any atom is -0.493 e. The largest absolute Gasteiger partial charge is 0.493 e. The van der Waals surface area contributed by atoms with E-state index < -0.39 is 0 Å². The van der Waals surface area contributed by atoms with E-state index in [4.69, 9.17) is 14.2 Å². The van der Waals surface area contributed by atoms with Gasteiger partial charge < -0.3 is 24.8 Å². The molecule has 27 heavy (non-hydrogen) atoms. The van der Waals surface area contributed by atoms with E-state index in [-0.39, 0.29) is 12.1 Å². The Labute approximate surface area is 160 Å². The van der Waals surface area contributed by atoms with Gasteiger partial charge in [0.05, 0.1) is 13.7 Å². The number of carbonyl (C=O) groups is 1. The molecule has 146 valence electrons. The topological polar surface area (TPSA) is 68.8 Å². The number of benzene rings is 2. The molecule has 0 heterocycles. The highest BCUT2D eigenvalue weighted by molar-refractivity contribution is 5.89. The summed E-state index contributed by atoms with van der Waals surface area (Å²) in [6.07, 6.45) is 1.79. The van der Waals surface area contributed by atoms with Crippen LogP contribution >= 0.6 is 0 Å². The standard InChI is InChI=1S/C21H28N2O4/c1-16(9-10-17-7-5-4-6-8-17)22-21(24)23-18-11-12-19(26-3)20(15-18)27-14-13-25-2/h4-8,11-12,15-16H,9-10,13-14H2,1-3H3,(H2,22,23,24). The van der Waals surface area contributed by atoms with Gasteiger partial charge in [-0.1, -0.05) is 30.3 Å². The van der Waals surface area contributed by atoms with Crippen molar-refractivity contribution in [2.24, 2.45) is 0 Å². The number of hydrogen-bond donors (Lipinski definition) is 2. The second-order valence-corrected chi connectivity index (χ2v) is 6.23. The first-order valence-corrected chi connectivity index (χ1v) is 9.03. The zero-order chi connectivity index (χ0) is 19.5. The second-order valence-electron chi connectivity index (χ2n) is 6.23. The Morgan fingerprint density at radius 2 is 1.81 bits per heavy atom. The van der Waals surface area contributed by atoms with Crippen LogP contribution in [0.5, 0.6) is 11.5 Å². The molecular weight excluding hydrogens is 344 g/mol. The molecule has 0 aliphatic rings. The van der Waals surface area contributed by atoms with Gasteiger partial charge in [-0.15, -0.1) is 0 Å². The molecule has 1 unspecified atom stereocenters. The highest BCUT2D eigenvalue weighted by Gasteiger charge is 2.10. The highest BCUT2D eigenvalue weighted by Crippen LogP contribution is 2.30. The van der Waals surface area contributed by atoms with Crippen molar-refractivity contribution in [2.75, 3.05) is 32.8 Å². The molecule has 2 aromatic rings. The Bertz CT molecular complexity index is 707. The third-order valence-electron chi connectivity index (χ3n) is 4.05. The molecular formula is C21H28N2O4. The van der Waals surface area contributed by atoms with Crippen LogP contribution in [0.25, 0.3) is 0 Å². The fraction of sp³-hybridized carbons (Fsp3) is 0.381. The summed E-state index contributed by atoms with van der Waals surface area (Å²) in [5, 5.41) is 5.79. The number of ether oxygens (including phenoxy) is 3. The molecule has 2 N–H and O–H groups in total. The molecule has 0 radical (unpaired) electrons. The van der Waals surface area contributed by atoms with E-state index in [9.17, 15) is 4.79 Å². The molecule has 2 amide bonds. The number of anilines is 1. The smallest absolute Gasteiger partial charge is 0.319 e. The summed E-state index contributed by atoms with van der Waals surface area (Å²) in [5.41, 5.74) is 1.90. The van der Waals surface area contributed by atoms with Gasteiger partial charge in [0, 0.05) is 24.9 Å². The van der Waals surface area contributed by atoms with Gasteiger partial charge in [-0.2, -0.15) is 0 Å². The third-order valence-corrected chi connectivity index (χ3v) is 4.05. The molecule has 0 fully saturated rings. The molecule has 6 heteroatoms. The number of methoxy groups -OCH3 is 2. The van der Waals surface area contributed by atoms with E-state index in [1.807, 2.05) is 25.1 Å². The number of amides is 2. The fourth-order valence-corrected chi connectivity index (χ4v) is 2.59. The van der Waals surface area contributed by atoms with Crippen LogP contribution in [0, 0.1) is 0 Å². The first-order chi connectivity index (χ1) is 13.1. The lowest BCUT2D eigenvalue weighted by atomic mass is 10.1. The van der Waals surface area contributed by atoms with Crippen LogP contribution < -0.4 is 20.1 Å². The minimum absolute atomic E-state index is 0.0564. The SMILES string of the molecule is COCCOc1cc(NC(=O)NC(C)CCc2ccccc2)ccc1OC. The Hall–Kier alpha value is -2.73. The van der Waals surface area contributed by atoms with Crippen LogP contribution in [0.4, 0.5) is 10.5 Å². The Morgan fingerprint density at radius 3 is 2.52 bits per heavy atom. The molecule has 0 aromatic heterocycles. The van der Waals surface area contributed by atoms with Crippen molar-refractivity contribution in [2.45, 2.75) is 25.8 Å². The monoisotopic (exact) mass is 372 g/mol. The predicted molar refractivity (Wildman–Crippen MR) is 107 cm³/mol. The number of rotatable bonds is 10. The van der Waals surface area contributed by atoms with Gasteiger partial charge in [0.1, 0.15) is 6.61 Å². The summed E-state index contributed by atoms with van der Waals surface area (Å²) < 4.78 is 15.9. The predicted octanol–water partition coefficient (Wildman–Crippen LogP) is 3.86. The van der Waals surface area contributed by atoms with Crippen LogP contribution in [-0.2, 0) is 11.2 Å². The maximum atomic E-state index is 12.2. The van der Waals surface area contributed by atoms with Gasteiger partial charge in [0.15, 0.2) is 11.5 Å². The van der Waals surface area contributed by atoms with E-state index in [0.717, 1.165) is 12.8 Å². The number of nitrogens with one attached hydrogen (secondary N) is 2. The Kier molecular flexibility index (Phi) is 8.45. The van der Waals surface area contributed by atoms with E-state index in [1.165, 1.54) is 5.56 Å². The number of carbonyl (C=O) groups excluding carboxylic acids is 1. The van der Waals surface area contributed by atoms with Gasteiger partial charge >= 0.3 is 6.03 Å². The summed E-state index contributed by atoms with van der Waals surface area (Å²) in [7, 11) is 3.19. The Balaban J connectivity index is 1.85. The molecule has 0 saturated carbocycles. The first-order valence-electron chi connectivity index (χ1n) is 9.03. The van der Waals surface area contributed by atoms with Crippen LogP contribution in [-0.4, -0.2) is 39.5 Å². The summed E-state index contributed by atoms with van der Waals surface area (Å²) in [5.74, 6) is 1.16. The average molecular weight is 372 g/mol. The van der Waals surface area contributed by atoms with Crippen LogP contribution in [0.1, 0.15) is 18.9 Å². The van der Waals surface area contributed by atoms with E-state index >= 15 is 0 Å². The molecule has 0 saturated heterocycles. The van der Waals surface area contributed by atoms with Crippen molar-refractivity contribution >= 4 is 11.7 Å². The molecule has 0 spiro atoms. The molecule has 6 nitrogen and oxygen atoms in total. The number of urea groups is 1. The van der Waals surface area contributed by atoms with Gasteiger partial charge in [-0.25, -0.2) is 4.79 Å². The first kappa shape index (κ1) is 20.6. The summed E-state index contributed by atoms with van der Waals surface area (Å²) >= 11 is 0. The van der Waals surface area contributed by atoms with Crippen LogP contribution in [0.2, 0.25) is 0 Å². The van der Waals surface area contributed by atoms with Crippen molar-refractivity contribution in [1.29, 1.82) is 0 Å². The molecule has 0 bridgehead atoms. The maximum absolute atomic E-state index is 12.2. The number of aryl methyl sites for hydroxylation is 1. The molecule has 2 rings (SSSR count). The quantitative estimate of drug-likeness (QED) is 0.622. The average Bonchev–Trinajstić information content (AvgIpc) is 2.67. The van der Waals surface area contributed by atoms with Crippen LogP contribution in [0.3, 0.4) is 0 Å². The zero-order valence-electron chi connectivity index (χ0n) is 16.2. The summed E-state index contributed by atoms with van der Waals surface area (Å²) in [6, 6.07) is 15.3. The van der Waals surface area contributed by atoms with Gasteiger partial charge in [0.2, 0.25) is 0 Å². The minimum atomic E-state index is -0.247. The van der Waals surface area contributed by atoms with E-state index in [2.05, 4.69) is 22.8 Å². The zero-order valence-corrected chi connectivity index (χ0v) is 16.2.